The van der Waals surface area contributed by atoms with E-state index in [-0.39, 0.29) is 6.04 Å². The first-order chi connectivity index (χ1) is 15.7. The molecule has 166 valence electrons. The Kier molecular flexibility index (Phi) is 5.66. The van der Waals surface area contributed by atoms with Crippen LogP contribution in [0.1, 0.15) is 33.9 Å². The second kappa shape index (κ2) is 8.75. The van der Waals surface area contributed by atoms with Gasteiger partial charge in [-0.3, -0.25) is 4.90 Å². The molecule has 0 radical (unpaired) electrons. The van der Waals surface area contributed by atoms with Gasteiger partial charge >= 0.3 is 0 Å². The number of hydrogen-bond acceptors (Lipinski definition) is 5. The van der Waals surface area contributed by atoms with Crippen molar-refractivity contribution in [1.82, 2.24) is 4.90 Å². The Morgan fingerprint density at radius 1 is 0.812 bits per heavy atom. The van der Waals surface area contributed by atoms with E-state index >= 15 is 0 Å². The molecule has 2 aliphatic heterocycles. The molecule has 0 saturated carbocycles. The quantitative estimate of drug-likeness (QED) is 0.553. The molecule has 2 aliphatic rings. The molecule has 0 aliphatic carbocycles. The molecule has 0 fully saturated rings. The first kappa shape index (κ1) is 20.7. The van der Waals surface area contributed by atoms with Crippen LogP contribution in [0.3, 0.4) is 0 Å². The normalized spacial score (nSPS) is 17.0. The molecule has 5 nitrogen and oxygen atoms in total. The highest BCUT2D eigenvalue weighted by molar-refractivity contribution is 5.54. The summed E-state index contributed by atoms with van der Waals surface area (Å²) in [7, 11) is 5.19. The van der Waals surface area contributed by atoms with Gasteiger partial charge in [-0.1, -0.05) is 30.3 Å². The minimum absolute atomic E-state index is 0.275. The van der Waals surface area contributed by atoms with Crippen molar-refractivity contribution in [3.8, 4) is 23.0 Å². The number of methoxy groups -OCH3 is 3. The zero-order chi connectivity index (χ0) is 22.1. The minimum atomic E-state index is 0.275. The number of ether oxygens (including phenoxy) is 4. The van der Waals surface area contributed by atoms with Crippen molar-refractivity contribution < 1.29 is 18.9 Å². The van der Waals surface area contributed by atoms with E-state index in [1.165, 1.54) is 22.3 Å². The standard InChI is InChI=1S/C27H29NO4/c1-29-24-9-10-25(30-2)22-16-28-12-11-19-13-26(31-3)27(15-20(19)23(28)14-21(22)24)32-17-18-7-5-4-6-8-18/h4-10,13,15,23H,11-12,14,16-17H2,1-3H3/t23-/m0/s1. The molecule has 0 aromatic heterocycles. The lowest BCUT2D eigenvalue weighted by molar-refractivity contribution is 0.155. The maximum Gasteiger partial charge on any atom is 0.162 e. The van der Waals surface area contributed by atoms with Gasteiger partial charge in [0.05, 0.1) is 21.3 Å². The third kappa shape index (κ3) is 3.67. The Bertz CT molecular complexity index is 1110. The van der Waals surface area contributed by atoms with Gasteiger partial charge in [-0.15, -0.1) is 0 Å². The summed E-state index contributed by atoms with van der Waals surface area (Å²) in [5.41, 5.74) is 6.26. The van der Waals surface area contributed by atoms with E-state index in [2.05, 4.69) is 29.2 Å². The van der Waals surface area contributed by atoms with Crippen molar-refractivity contribution in [1.29, 1.82) is 0 Å². The molecule has 0 spiro atoms. The van der Waals surface area contributed by atoms with E-state index in [0.717, 1.165) is 54.5 Å². The van der Waals surface area contributed by atoms with E-state index in [9.17, 15) is 0 Å². The highest BCUT2D eigenvalue weighted by atomic mass is 16.5. The predicted molar refractivity (Wildman–Crippen MR) is 124 cm³/mol. The molecule has 0 bridgehead atoms. The van der Waals surface area contributed by atoms with Gasteiger partial charge < -0.3 is 18.9 Å². The average Bonchev–Trinajstić information content (AvgIpc) is 2.85. The van der Waals surface area contributed by atoms with Gasteiger partial charge in [-0.25, -0.2) is 0 Å². The largest absolute Gasteiger partial charge is 0.496 e. The van der Waals surface area contributed by atoms with Crippen LogP contribution in [0.5, 0.6) is 23.0 Å². The number of benzene rings is 3. The molecule has 0 saturated heterocycles. The van der Waals surface area contributed by atoms with E-state index in [1.807, 2.05) is 30.3 Å². The summed E-state index contributed by atoms with van der Waals surface area (Å²) >= 11 is 0. The van der Waals surface area contributed by atoms with Crippen LogP contribution < -0.4 is 18.9 Å². The van der Waals surface area contributed by atoms with E-state index < -0.39 is 0 Å². The SMILES string of the molecule is COc1cc2c(cc1OCc1ccccc1)[C@@H]1Cc3c(OC)ccc(OC)c3CN1CC2. The van der Waals surface area contributed by atoms with Crippen LogP contribution in [0, 0.1) is 0 Å². The molecule has 2 heterocycles. The Balaban J connectivity index is 1.50. The third-order valence-electron chi connectivity index (χ3n) is 6.67. The summed E-state index contributed by atoms with van der Waals surface area (Å²) in [5.74, 6) is 3.46. The number of nitrogens with zero attached hydrogens (tertiary/aromatic N) is 1. The first-order valence-electron chi connectivity index (χ1n) is 11.1. The second-order valence-corrected chi connectivity index (χ2v) is 8.34. The molecule has 3 aromatic rings. The van der Waals surface area contributed by atoms with Gasteiger partial charge in [-0.05, 0) is 53.8 Å². The lowest BCUT2D eigenvalue weighted by atomic mass is 9.83. The Morgan fingerprint density at radius 2 is 1.53 bits per heavy atom. The predicted octanol–water partition coefficient (Wildman–Crippen LogP) is 4.95. The van der Waals surface area contributed by atoms with Crippen LogP contribution in [-0.4, -0.2) is 32.8 Å². The van der Waals surface area contributed by atoms with Crippen LogP contribution >= 0.6 is 0 Å². The third-order valence-corrected chi connectivity index (χ3v) is 6.67. The topological polar surface area (TPSA) is 40.2 Å². The lowest BCUT2D eigenvalue weighted by Gasteiger charge is -2.42. The first-order valence-corrected chi connectivity index (χ1v) is 11.1. The van der Waals surface area contributed by atoms with E-state index in [0.29, 0.717) is 6.61 Å². The van der Waals surface area contributed by atoms with Crippen LogP contribution in [0.25, 0.3) is 0 Å². The number of rotatable bonds is 6. The molecule has 0 unspecified atom stereocenters. The summed E-state index contributed by atoms with van der Waals surface area (Å²) in [4.78, 5) is 2.54. The Hall–Kier alpha value is -3.18. The van der Waals surface area contributed by atoms with Crippen molar-refractivity contribution >= 4 is 0 Å². The van der Waals surface area contributed by atoms with Crippen molar-refractivity contribution in [3.63, 3.8) is 0 Å². The summed E-state index contributed by atoms with van der Waals surface area (Å²) in [6, 6.07) is 18.9. The van der Waals surface area contributed by atoms with Crippen molar-refractivity contribution in [2.45, 2.75) is 32.0 Å². The van der Waals surface area contributed by atoms with E-state index in [1.54, 1.807) is 21.3 Å². The average molecular weight is 432 g/mol. The van der Waals surface area contributed by atoms with E-state index in [4.69, 9.17) is 18.9 Å². The smallest absolute Gasteiger partial charge is 0.162 e. The fraction of sp³-hybridized carbons (Fsp3) is 0.333. The fourth-order valence-electron chi connectivity index (χ4n) is 5.02. The maximum atomic E-state index is 6.22. The highest BCUT2D eigenvalue weighted by Crippen LogP contribution is 2.46. The maximum absolute atomic E-state index is 6.22. The molecule has 0 amide bonds. The van der Waals surface area contributed by atoms with Gasteiger partial charge in [0.15, 0.2) is 11.5 Å². The molecule has 32 heavy (non-hydrogen) atoms. The van der Waals surface area contributed by atoms with Gasteiger partial charge in [0.25, 0.3) is 0 Å². The van der Waals surface area contributed by atoms with Crippen LogP contribution in [0.15, 0.2) is 54.6 Å². The molecule has 3 aromatic carbocycles. The lowest BCUT2D eigenvalue weighted by Crippen LogP contribution is -2.39. The summed E-state index contributed by atoms with van der Waals surface area (Å²) < 4.78 is 23.3. The molecule has 0 N–H and O–H groups in total. The Labute approximate surface area is 189 Å². The molecule has 1 atom stereocenters. The summed E-state index contributed by atoms with van der Waals surface area (Å²) in [5, 5.41) is 0. The van der Waals surface area contributed by atoms with Crippen LogP contribution in [0.2, 0.25) is 0 Å². The molecule has 5 rings (SSSR count). The zero-order valence-electron chi connectivity index (χ0n) is 18.9. The number of fused-ring (bicyclic) bond motifs is 4. The minimum Gasteiger partial charge on any atom is -0.496 e. The van der Waals surface area contributed by atoms with Crippen LogP contribution in [-0.2, 0) is 26.0 Å². The Morgan fingerprint density at radius 3 is 2.25 bits per heavy atom. The van der Waals surface area contributed by atoms with Gasteiger partial charge in [0.1, 0.15) is 18.1 Å². The van der Waals surface area contributed by atoms with Crippen LogP contribution in [0.4, 0.5) is 0 Å². The van der Waals surface area contributed by atoms with Gasteiger partial charge in [0.2, 0.25) is 0 Å². The van der Waals surface area contributed by atoms with Crippen molar-refractivity contribution in [2.24, 2.45) is 0 Å². The fourth-order valence-corrected chi connectivity index (χ4v) is 5.02. The molecular formula is C27H29NO4. The zero-order valence-corrected chi connectivity index (χ0v) is 18.9. The van der Waals surface area contributed by atoms with Crippen molar-refractivity contribution in [3.05, 3.63) is 82.4 Å². The summed E-state index contributed by atoms with van der Waals surface area (Å²) in [6.45, 7) is 2.37. The monoisotopic (exact) mass is 431 g/mol. The molecule has 5 heteroatoms. The molecular weight excluding hydrogens is 402 g/mol. The number of hydrogen-bond donors (Lipinski definition) is 0. The van der Waals surface area contributed by atoms with Gasteiger partial charge in [0, 0.05) is 30.3 Å². The summed E-state index contributed by atoms with van der Waals surface area (Å²) in [6.07, 6.45) is 1.87. The van der Waals surface area contributed by atoms with Gasteiger partial charge in [-0.2, -0.15) is 0 Å². The van der Waals surface area contributed by atoms with Crippen molar-refractivity contribution in [2.75, 3.05) is 27.9 Å². The highest BCUT2D eigenvalue weighted by Gasteiger charge is 2.35. The second-order valence-electron chi connectivity index (χ2n) is 8.34.